The largest absolute Gasteiger partial charge is 0.355 e. The molecule has 0 spiro atoms. The Morgan fingerprint density at radius 2 is 1.87 bits per heavy atom. The van der Waals surface area contributed by atoms with Gasteiger partial charge in [0.25, 0.3) is 0 Å². The molecule has 4 rings (SSSR count). The topological polar surface area (TPSA) is 70.4 Å². The maximum atomic E-state index is 4.53. The molecular weight excluding hydrogens is 374 g/mol. The van der Waals surface area contributed by atoms with Crippen molar-refractivity contribution >= 4 is 5.96 Å². The third kappa shape index (κ3) is 5.01. The molecule has 162 valence electrons. The van der Waals surface area contributed by atoms with Crippen molar-refractivity contribution in [3.8, 4) is 5.82 Å². The molecule has 1 saturated carbocycles. The molecule has 3 heterocycles. The van der Waals surface area contributed by atoms with Gasteiger partial charge in [-0.3, -0.25) is 14.5 Å². The molecule has 2 aliphatic rings. The van der Waals surface area contributed by atoms with Gasteiger partial charge in [-0.25, -0.2) is 9.97 Å². The first-order chi connectivity index (χ1) is 14.8. The summed E-state index contributed by atoms with van der Waals surface area (Å²) in [5.41, 5.74) is 1.43. The van der Waals surface area contributed by atoms with Gasteiger partial charge in [-0.05, 0) is 50.4 Å². The molecular formula is C23H35N7. The van der Waals surface area contributed by atoms with Gasteiger partial charge in [-0.1, -0.05) is 31.7 Å². The van der Waals surface area contributed by atoms with Gasteiger partial charge in [0.1, 0.15) is 12.1 Å². The molecule has 2 N–H and O–H groups in total. The lowest BCUT2D eigenvalue weighted by atomic mass is 9.79. The van der Waals surface area contributed by atoms with Crippen LogP contribution in [0.5, 0.6) is 0 Å². The second-order valence-electron chi connectivity index (χ2n) is 8.61. The number of hydrogen-bond donors (Lipinski definition) is 2. The maximum Gasteiger partial charge on any atom is 0.191 e. The summed E-state index contributed by atoms with van der Waals surface area (Å²) < 4.78 is 1.90. The third-order valence-electron chi connectivity index (χ3n) is 6.66. The fraction of sp³-hybridized carbons (Fsp3) is 0.609. The molecule has 0 atom stereocenters. The van der Waals surface area contributed by atoms with Crippen molar-refractivity contribution < 1.29 is 0 Å². The molecule has 0 bridgehead atoms. The second-order valence-corrected chi connectivity index (χ2v) is 8.61. The molecule has 7 nitrogen and oxygen atoms in total. The molecule has 30 heavy (non-hydrogen) atoms. The summed E-state index contributed by atoms with van der Waals surface area (Å²) in [6.45, 7) is 4.18. The molecule has 1 saturated heterocycles. The number of guanidine groups is 1. The minimum absolute atomic E-state index is 0.296. The highest BCUT2D eigenvalue weighted by Crippen LogP contribution is 2.35. The van der Waals surface area contributed by atoms with Gasteiger partial charge in [0.15, 0.2) is 5.96 Å². The first kappa shape index (κ1) is 20.8. The van der Waals surface area contributed by atoms with Gasteiger partial charge in [-0.2, -0.15) is 0 Å². The average Bonchev–Trinajstić information content (AvgIpc) is 3.36. The van der Waals surface area contributed by atoms with Crippen LogP contribution >= 0.6 is 0 Å². The van der Waals surface area contributed by atoms with Gasteiger partial charge in [-0.15, -0.1) is 0 Å². The first-order valence-electron chi connectivity index (χ1n) is 11.4. The molecule has 0 amide bonds. The predicted molar refractivity (Wildman–Crippen MR) is 121 cm³/mol. The normalized spacial score (nSPS) is 20.1. The molecule has 0 aromatic carbocycles. The molecule has 0 unspecified atom stereocenters. The Morgan fingerprint density at radius 1 is 1.07 bits per heavy atom. The lowest BCUT2D eigenvalue weighted by Crippen LogP contribution is -2.59. The van der Waals surface area contributed by atoms with Crippen LogP contribution in [0.25, 0.3) is 5.82 Å². The van der Waals surface area contributed by atoms with E-state index in [1.54, 1.807) is 12.5 Å². The van der Waals surface area contributed by atoms with E-state index in [1.807, 2.05) is 30.1 Å². The van der Waals surface area contributed by atoms with E-state index in [1.165, 1.54) is 64.5 Å². The van der Waals surface area contributed by atoms with Crippen LogP contribution in [0.3, 0.4) is 0 Å². The maximum absolute atomic E-state index is 4.53. The standard InChI is InChI=1S/C23H35N7/c1-24-22(27-17-20-8-9-21(26-16-20)29-15-12-25-19-29)28-18-23(10-4-2-5-11-23)30-13-6-3-7-14-30/h8-9,12,15-16,19H,2-7,10-11,13-14,17-18H2,1H3,(H2,24,27,28). The van der Waals surface area contributed by atoms with Gasteiger partial charge >= 0.3 is 0 Å². The van der Waals surface area contributed by atoms with Crippen molar-refractivity contribution in [2.45, 2.75) is 63.5 Å². The number of aromatic nitrogens is 3. The van der Waals surface area contributed by atoms with Crippen molar-refractivity contribution in [1.82, 2.24) is 30.1 Å². The molecule has 0 radical (unpaired) electrons. The van der Waals surface area contributed by atoms with Gasteiger partial charge in [0.2, 0.25) is 0 Å². The number of pyridine rings is 1. The quantitative estimate of drug-likeness (QED) is 0.567. The van der Waals surface area contributed by atoms with Crippen molar-refractivity contribution in [3.63, 3.8) is 0 Å². The predicted octanol–water partition coefficient (Wildman–Crippen LogP) is 3.12. The zero-order valence-corrected chi connectivity index (χ0v) is 18.2. The van der Waals surface area contributed by atoms with E-state index in [0.717, 1.165) is 23.9 Å². The Labute approximate surface area is 180 Å². The summed E-state index contributed by atoms with van der Waals surface area (Å²) in [6.07, 6.45) is 18.1. The highest BCUT2D eigenvalue weighted by molar-refractivity contribution is 5.79. The second kappa shape index (κ2) is 10.1. The van der Waals surface area contributed by atoms with E-state index in [2.05, 4.69) is 36.6 Å². The molecule has 2 aromatic heterocycles. The number of rotatable bonds is 6. The highest BCUT2D eigenvalue weighted by Gasteiger charge is 2.38. The van der Waals surface area contributed by atoms with E-state index < -0.39 is 0 Å². The molecule has 2 fully saturated rings. The lowest BCUT2D eigenvalue weighted by molar-refractivity contribution is 0.0368. The smallest absolute Gasteiger partial charge is 0.191 e. The Bertz CT molecular complexity index is 785. The minimum atomic E-state index is 0.296. The Morgan fingerprint density at radius 3 is 2.53 bits per heavy atom. The van der Waals surface area contributed by atoms with E-state index in [9.17, 15) is 0 Å². The van der Waals surface area contributed by atoms with E-state index in [-0.39, 0.29) is 0 Å². The van der Waals surface area contributed by atoms with Gasteiger partial charge < -0.3 is 10.6 Å². The molecule has 1 aliphatic heterocycles. The van der Waals surface area contributed by atoms with Crippen molar-refractivity contribution in [3.05, 3.63) is 42.6 Å². The number of piperidine rings is 1. The van der Waals surface area contributed by atoms with Crippen LogP contribution in [0.15, 0.2) is 42.0 Å². The van der Waals surface area contributed by atoms with E-state index in [4.69, 9.17) is 0 Å². The van der Waals surface area contributed by atoms with Crippen LogP contribution in [0.2, 0.25) is 0 Å². The van der Waals surface area contributed by atoms with Gasteiger partial charge in [0.05, 0.1) is 0 Å². The summed E-state index contributed by atoms with van der Waals surface area (Å²) >= 11 is 0. The van der Waals surface area contributed by atoms with Crippen LogP contribution in [0.1, 0.15) is 56.9 Å². The minimum Gasteiger partial charge on any atom is -0.355 e. The van der Waals surface area contributed by atoms with Crippen molar-refractivity contribution in [1.29, 1.82) is 0 Å². The SMILES string of the molecule is CN=C(NCc1ccc(-n2ccnc2)nc1)NCC1(N2CCCCC2)CCCCC1. The van der Waals surface area contributed by atoms with Crippen LogP contribution in [0, 0.1) is 0 Å². The lowest BCUT2D eigenvalue weighted by Gasteiger charge is -2.48. The summed E-state index contributed by atoms with van der Waals surface area (Å²) in [6, 6.07) is 4.11. The summed E-state index contributed by atoms with van der Waals surface area (Å²) in [7, 11) is 1.85. The van der Waals surface area contributed by atoms with Crippen LogP contribution in [-0.2, 0) is 6.54 Å². The number of hydrogen-bond acceptors (Lipinski definition) is 4. The average molecular weight is 410 g/mol. The van der Waals surface area contributed by atoms with Crippen molar-refractivity contribution in [2.75, 3.05) is 26.7 Å². The van der Waals surface area contributed by atoms with Crippen LogP contribution in [0.4, 0.5) is 0 Å². The fourth-order valence-electron chi connectivity index (χ4n) is 4.91. The van der Waals surface area contributed by atoms with E-state index in [0.29, 0.717) is 12.1 Å². The monoisotopic (exact) mass is 409 g/mol. The summed E-state index contributed by atoms with van der Waals surface area (Å²) in [4.78, 5) is 15.8. The summed E-state index contributed by atoms with van der Waals surface area (Å²) in [5.74, 6) is 1.75. The first-order valence-corrected chi connectivity index (χ1v) is 11.4. The van der Waals surface area contributed by atoms with E-state index >= 15 is 0 Å². The third-order valence-corrected chi connectivity index (χ3v) is 6.66. The molecule has 7 heteroatoms. The number of likely N-dealkylation sites (tertiary alicyclic amines) is 1. The van der Waals surface area contributed by atoms with Crippen LogP contribution in [-0.4, -0.2) is 57.6 Å². The summed E-state index contributed by atoms with van der Waals surface area (Å²) in [5, 5.41) is 7.11. The number of nitrogens with one attached hydrogen (secondary N) is 2. The van der Waals surface area contributed by atoms with Crippen LogP contribution < -0.4 is 10.6 Å². The Kier molecular flexibility index (Phi) is 7.00. The number of imidazole rings is 1. The van der Waals surface area contributed by atoms with Gasteiger partial charge in [0, 0.05) is 44.3 Å². The Balaban J connectivity index is 1.32. The molecule has 1 aliphatic carbocycles. The highest BCUT2D eigenvalue weighted by atomic mass is 15.3. The zero-order valence-electron chi connectivity index (χ0n) is 18.2. The van der Waals surface area contributed by atoms with Crippen molar-refractivity contribution in [2.24, 2.45) is 4.99 Å². The Hall–Kier alpha value is -2.41. The zero-order chi connectivity index (χ0) is 20.7. The molecule has 2 aromatic rings. The fourth-order valence-corrected chi connectivity index (χ4v) is 4.91. The number of nitrogens with zero attached hydrogens (tertiary/aromatic N) is 5. The number of aliphatic imine (C=N–C) groups is 1.